The standard InChI is InChI=1S/C21H39N5O5S/c1-13(2)17(23)19(28)24-14(7-4-5-10-22)20(29)26-11-6-8-16(26)18(27)25-15(21(30)31)9-12-32-3/h13-17H,4-12,22-23H2,1-3H3,(H,24,28)(H,25,27)(H,30,31). The Balaban J connectivity index is 2.92. The Labute approximate surface area is 194 Å². The molecule has 0 aliphatic carbocycles. The molecule has 7 N–H and O–H groups in total. The average molecular weight is 474 g/mol. The maximum atomic E-state index is 13.3. The SMILES string of the molecule is CSCCC(NC(=O)C1CCCN1C(=O)C(CCCCN)NC(=O)C(N)C(C)C)C(=O)O. The van der Waals surface area contributed by atoms with E-state index in [0.29, 0.717) is 57.4 Å². The molecule has 3 amide bonds. The number of amides is 3. The van der Waals surface area contributed by atoms with Crippen LogP contribution in [0.15, 0.2) is 0 Å². The lowest BCUT2D eigenvalue weighted by molar-refractivity contribution is -0.145. The zero-order valence-electron chi connectivity index (χ0n) is 19.3. The molecule has 32 heavy (non-hydrogen) atoms. The number of nitrogens with one attached hydrogen (secondary N) is 2. The number of unbranched alkanes of at least 4 members (excludes halogenated alkanes) is 1. The van der Waals surface area contributed by atoms with Crippen LogP contribution in [-0.4, -0.2) is 83.0 Å². The maximum Gasteiger partial charge on any atom is 0.326 e. The lowest BCUT2D eigenvalue weighted by Crippen LogP contribution is -2.57. The molecule has 0 aromatic heterocycles. The summed E-state index contributed by atoms with van der Waals surface area (Å²) >= 11 is 1.50. The first-order chi connectivity index (χ1) is 15.1. The fraction of sp³-hybridized carbons (Fsp3) is 0.810. The van der Waals surface area contributed by atoms with Gasteiger partial charge in [-0.2, -0.15) is 11.8 Å². The number of carbonyl (C=O) groups is 4. The molecule has 0 aromatic rings. The van der Waals surface area contributed by atoms with E-state index >= 15 is 0 Å². The first kappa shape index (κ1) is 28.2. The molecule has 1 heterocycles. The van der Waals surface area contributed by atoms with Gasteiger partial charge < -0.3 is 32.1 Å². The van der Waals surface area contributed by atoms with Crippen LogP contribution in [0.4, 0.5) is 0 Å². The van der Waals surface area contributed by atoms with Crippen molar-refractivity contribution < 1.29 is 24.3 Å². The largest absolute Gasteiger partial charge is 0.480 e. The quantitative estimate of drug-likeness (QED) is 0.218. The van der Waals surface area contributed by atoms with Crippen molar-refractivity contribution in [3.05, 3.63) is 0 Å². The van der Waals surface area contributed by atoms with Crippen LogP contribution < -0.4 is 22.1 Å². The number of hydrogen-bond donors (Lipinski definition) is 5. The monoisotopic (exact) mass is 473 g/mol. The third-order valence-electron chi connectivity index (χ3n) is 5.65. The summed E-state index contributed by atoms with van der Waals surface area (Å²) in [6.45, 7) is 4.50. The summed E-state index contributed by atoms with van der Waals surface area (Å²) in [4.78, 5) is 51.6. The summed E-state index contributed by atoms with van der Waals surface area (Å²) in [6.07, 6.45) is 4.97. The van der Waals surface area contributed by atoms with Crippen LogP contribution in [0.1, 0.15) is 52.4 Å². The van der Waals surface area contributed by atoms with E-state index < -0.39 is 42.0 Å². The number of likely N-dealkylation sites (tertiary alicyclic amines) is 1. The second-order valence-electron chi connectivity index (χ2n) is 8.49. The molecule has 11 heteroatoms. The Hall–Kier alpha value is -1.85. The third-order valence-corrected chi connectivity index (χ3v) is 6.29. The van der Waals surface area contributed by atoms with Crippen molar-refractivity contribution >= 4 is 35.5 Å². The summed E-state index contributed by atoms with van der Waals surface area (Å²) in [7, 11) is 0. The van der Waals surface area contributed by atoms with E-state index in [2.05, 4.69) is 10.6 Å². The van der Waals surface area contributed by atoms with Gasteiger partial charge in [0.25, 0.3) is 0 Å². The summed E-state index contributed by atoms with van der Waals surface area (Å²) in [5, 5.41) is 14.7. The first-order valence-corrected chi connectivity index (χ1v) is 12.6. The van der Waals surface area contributed by atoms with Crippen LogP contribution in [0, 0.1) is 5.92 Å². The highest BCUT2D eigenvalue weighted by molar-refractivity contribution is 7.98. The van der Waals surface area contributed by atoms with Crippen molar-refractivity contribution in [3.63, 3.8) is 0 Å². The summed E-state index contributed by atoms with van der Waals surface area (Å²) in [5.74, 6) is -1.83. The van der Waals surface area contributed by atoms with Gasteiger partial charge in [0.2, 0.25) is 17.7 Å². The molecule has 0 bridgehead atoms. The Kier molecular flexibility index (Phi) is 12.6. The molecule has 1 rings (SSSR count). The lowest BCUT2D eigenvalue weighted by Gasteiger charge is -2.30. The number of carboxylic acid groups (broad SMARTS) is 1. The Bertz CT molecular complexity index is 648. The van der Waals surface area contributed by atoms with Gasteiger partial charge >= 0.3 is 5.97 Å². The Morgan fingerprint density at radius 1 is 1.12 bits per heavy atom. The smallest absolute Gasteiger partial charge is 0.326 e. The molecule has 184 valence electrons. The van der Waals surface area contributed by atoms with E-state index in [0.717, 1.165) is 0 Å². The molecule has 10 nitrogen and oxygen atoms in total. The molecule has 4 atom stereocenters. The first-order valence-electron chi connectivity index (χ1n) is 11.2. The molecule has 1 fully saturated rings. The number of carbonyl (C=O) groups excluding carboxylic acids is 3. The minimum absolute atomic E-state index is 0.0886. The highest BCUT2D eigenvalue weighted by atomic mass is 32.2. The van der Waals surface area contributed by atoms with Crippen molar-refractivity contribution in [1.82, 2.24) is 15.5 Å². The number of thioether (sulfide) groups is 1. The van der Waals surface area contributed by atoms with Crippen LogP contribution in [0.5, 0.6) is 0 Å². The molecule has 0 saturated carbocycles. The molecule has 0 aromatic carbocycles. The molecule has 1 saturated heterocycles. The van der Waals surface area contributed by atoms with Gasteiger partial charge in [0, 0.05) is 6.54 Å². The van der Waals surface area contributed by atoms with Crippen LogP contribution in [0.2, 0.25) is 0 Å². The molecule has 4 unspecified atom stereocenters. The van der Waals surface area contributed by atoms with Gasteiger partial charge in [-0.1, -0.05) is 13.8 Å². The van der Waals surface area contributed by atoms with Crippen LogP contribution >= 0.6 is 11.8 Å². The molecular formula is C21H39N5O5S. The highest BCUT2D eigenvalue weighted by Gasteiger charge is 2.39. The molecular weight excluding hydrogens is 434 g/mol. The van der Waals surface area contributed by atoms with Gasteiger partial charge in [-0.3, -0.25) is 14.4 Å². The van der Waals surface area contributed by atoms with Crippen molar-refractivity contribution in [2.75, 3.05) is 25.1 Å². The van der Waals surface area contributed by atoms with Crippen LogP contribution in [0.25, 0.3) is 0 Å². The summed E-state index contributed by atoms with van der Waals surface area (Å²) in [6, 6.07) is -3.31. The third kappa shape index (κ3) is 8.59. The van der Waals surface area contributed by atoms with E-state index in [4.69, 9.17) is 11.5 Å². The van der Waals surface area contributed by atoms with Crippen molar-refractivity contribution in [2.45, 2.75) is 76.5 Å². The van der Waals surface area contributed by atoms with E-state index in [1.807, 2.05) is 20.1 Å². The Morgan fingerprint density at radius 3 is 2.38 bits per heavy atom. The number of nitrogens with two attached hydrogens (primary N) is 2. The second kappa shape index (κ2) is 14.3. The zero-order valence-corrected chi connectivity index (χ0v) is 20.2. The van der Waals surface area contributed by atoms with Gasteiger partial charge in [-0.05, 0) is 63.0 Å². The van der Waals surface area contributed by atoms with E-state index in [-0.39, 0.29) is 11.8 Å². The van der Waals surface area contributed by atoms with E-state index in [1.54, 1.807) is 0 Å². The van der Waals surface area contributed by atoms with Crippen LogP contribution in [-0.2, 0) is 19.2 Å². The molecule has 0 radical (unpaired) electrons. The van der Waals surface area contributed by atoms with Gasteiger partial charge in [0.1, 0.15) is 18.1 Å². The van der Waals surface area contributed by atoms with E-state index in [1.165, 1.54) is 16.7 Å². The minimum atomic E-state index is -1.10. The molecule has 1 aliphatic heterocycles. The van der Waals surface area contributed by atoms with Crippen LogP contribution in [0.3, 0.4) is 0 Å². The Morgan fingerprint density at radius 2 is 1.81 bits per heavy atom. The predicted octanol–water partition coefficient (Wildman–Crippen LogP) is -0.103. The average Bonchev–Trinajstić information content (AvgIpc) is 3.24. The van der Waals surface area contributed by atoms with Crippen molar-refractivity contribution in [1.29, 1.82) is 0 Å². The van der Waals surface area contributed by atoms with Gasteiger partial charge in [0.05, 0.1) is 6.04 Å². The maximum absolute atomic E-state index is 13.3. The summed E-state index contributed by atoms with van der Waals surface area (Å²) in [5.41, 5.74) is 11.5. The zero-order chi connectivity index (χ0) is 24.3. The van der Waals surface area contributed by atoms with Crippen molar-refractivity contribution in [3.8, 4) is 0 Å². The van der Waals surface area contributed by atoms with E-state index in [9.17, 15) is 24.3 Å². The lowest BCUT2D eigenvalue weighted by atomic mass is 10.0. The topological polar surface area (TPSA) is 168 Å². The fourth-order valence-electron chi connectivity index (χ4n) is 3.59. The number of nitrogens with zero attached hydrogens (tertiary/aromatic N) is 1. The normalized spacial score (nSPS) is 18.8. The number of aliphatic carboxylic acids is 1. The van der Waals surface area contributed by atoms with Gasteiger partial charge in [-0.15, -0.1) is 0 Å². The summed E-state index contributed by atoms with van der Waals surface area (Å²) < 4.78 is 0. The fourth-order valence-corrected chi connectivity index (χ4v) is 4.06. The van der Waals surface area contributed by atoms with Gasteiger partial charge in [0.15, 0.2) is 0 Å². The molecule has 0 spiro atoms. The van der Waals surface area contributed by atoms with Gasteiger partial charge in [-0.25, -0.2) is 4.79 Å². The predicted molar refractivity (Wildman–Crippen MR) is 125 cm³/mol. The second-order valence-corrected chi connectivity index (χ2v) is 9.47. The molecule has 1 aliphatic rings. The number of hydrogen-bond acceptors (Lipinski definition) is 7. The number of rotatable bonds is 14. The van der Waals surface area contributed by atoms with Crippen molar-refractivity contribution in [2.24, 2.45) is 17.4 Å². The minimum Gasteiger partial charge on any atom is -0.480 e. The number of carboxylic acids is 1. The highest BCUT2D eigenvalue weighted by Crippen LogP contribution is 2.20.